The van der Waals surface area contributed by atoms with E-state index in [0.717, 1.165) is 23.8 Å². The average Bonchev–Trinajstić information content (AvgIpc) is 3.49. The Balaban J connectivity index is 1.79. The fraction of sp³-hybridized carbons (Fsp3) is 0.714. The van der Waals surface area contributed by atoms with Crippen molar-refractivity contribution in [2.45, 2.75) is 83.2 Å². The van der Waals surface area contributed by atoms with Crippen LogP contribution in [0.4, 0.5) is 11.9 Å². The summed E-state index contributed by atoms with van der Waals surface area (Å²) in [5.41, 5.74) is -0.991. The minimum Gasteiger partial charge on any atom is -0.390 e. The third kappa shape index (κ3) is 8.45. The van der Waals surface area contributed by atoms with Crippen LogP contribution in [-0.2, 0) is 6.54 Å². The van der Waals surface area contributed by atoms with Gasteiger partial charge in [-0.15, -0.1) is 4.91 Å². The van der Waals surface area contributed by atoms with E-state index in [2.05, 4.69) is 44.8 Å². The fourth-order valence-electron chi connectivity index (χ4n) is 4.03. The molecule has 0 radical (unpaired) electrons. The van der Waals surface area contributed by atoms with E-state index >= 15 is 0 Å². The Bertz CT molecular complexity index is 1070. The Labute approximate surface area is 213 Å². The van der Waals surface area contributed by atoms with Crippen molar-refractivity contribution in [1.29, 1.82) is 0 Å². The van der Waals surface area contributed by atoms with Crippen LogP contribution in [-0.4, -0.2) is 59.2 Å². The van der Waals surface area contributed by atoms with E-state index in [9.17, 15) is 30.0 Å². The smallest absolute Gasteiger partial charge is 0.390 e. The molecule has 0 fully saturated rings. The van der Waals surface area contributed by atoms with Gasteiger partial charge in [-0.25, -0.2) is 9.13 Å². The minimum absolute atomic E-state index is 0.120. The van der Waals surface area contributed by atoms with Gasteiger partial charge in [0.2, 0.25) is 6.17 Å². The molecule has 0 spiro atoms. The van der Waals surface area contributed by atoms with E-state index in [-0.39, 0.29) is 17.9 Å². The molecule has 37 heavy (non-hydrogen) atoms. The monoisotopic (exact) mass is 522 g/mol. The van der Waals surface area contributed by atoms with Crippen molar-refractivity contribution in [2.24, 2.45) is 10.4 Å². The van der Waals surface area contributed by atoms with Gasteiger partial charge >= 0.3 is 11.9 Å². The molecule has 0 aliphatic heterocycles. The van der Waals surface area contributed by atoms with Crippen molar-refractivity contribution >= 4 is 11.9 Å². The number of nitrogens with one attached hydrogen (secondary N) is 2. The summed E-state index contributed by atoms with van der Waals surface area (Å²) < 4.78 is 2.55. The number of aryl methyl sites for hydroxylation is 1. The van der Waals surface area contributed by atoms with Gasteiger partial charge in [0.1, 0.15) is 30.8 Å². The molecule has 2 unspecified atom stereocenters. The second-order valence-corrected chi connectivity index (χ2v) is 9.93. The van der Waals surface area contributed by atoms with E-state index in [0.29, 0.717) is 19.6 Å². The predicted molar refractivity (Wildman–Crippen MR) is 135 cm³/mol. The number of aromatic nitrogens is 4. The lowest BCUT2D eigenvalue weighted by molar-refractivity contribution is -0.397. The van der Waals surface area contributed by atoms with Gasteiger partial charge in [0.05, 0.1) is 6.54 Å². The zero-order valence-corrected chi connectivity index (χ0v) is 21.4. The van der Waals surface area contributed by atoms with E-state index < -0.39 is 33.5 Å². The van der Waals surface area contributed by atoms with E-state index in [1.807, 2.05) is 0 Å². The number of hydrogen-bond donors (Lipinski definition) is 2. The van der Waals surface area contributed by atoms with Crippen molar-refractivity contribution in [1.82, 2.24) is 29.7 Å². The lowest BCUT2D eigenvalue weighted by atomic mass is 9.91. The van der Waals surface area contributed by atoms with Crippen molar-refractivity contribution < 1.29 is 9.85 Å². The molecule has 2 heterocycles. The van der Waals surface area contributed by atoms with Gasteiger partial charge in [0.25, 0.3) is 0 Å². The summed E-state index contributed by atoms with van der Waals surface area (Å²) in [7, 11) is 0. The second-order valence-electron chi connectivity index (χ2n) is 9.93. The molecule has 0 aliphatic carbocycles. The summed E-state index contributed by atoms with van der Waals surface area (Å²) in [5.74, 6) is -0.696. The zero-order valence-electron chi connectivity index (χ0n) is 21.4. The SMILES string of the molecule is CC(C)(CCCn1ccnc1[N+](=O)[O-])NCCCNC(C)(C)C(CC(N=O)n1ccnc1[N+](=O)[O-])N=O. The normalized spacial score (nSPS) is 13.7. The molecule has 16 heteroatoms. The van der Waals surface area contributed by atoms with E-state index in [1.165, 1.54) is 23.2 Å². The molecule has 0 bridgehead atoms. The average molecular weight is 523 g/mol. The highest BCUT2D eigenvalue weighted by Crippen LogP contribution is 2.27. The zero-order chi connectivity index (χ0) is 27.6. The van der Waals surface area contributed by atoms with Crippen molar-refractivity contribution in [3.05, 3.63) is 54.8 Å². The molecule has 2 aromatic heterocycles. The third-order valence-corrected chi connectivity index (χ3v) is 6.24. The Morgan fingerprint density at radius 2 is 1.57 bits per heavy atom. The Morgan fingerprint density at radius 3 is 2.19 bits per heavy atom. The third-order valence-electron chi connectivity index (χ3n) is 6.24. The predicted octanol–water partition coefficient (Wildman–Crippen LogP) is 3.29. The quantitative estimate of drug-likeness (QED) is 0.126. The molecular formula is C21H34N10O6. The maximum Gasteiger partial charge on any atom is 0.436 e. The molecule has 16 nitrogen and oxygen atoms in total. The van der Waals surface area contributed by atoms with Gasteiger partial charge in [0.15, 0.2) is 0 Å². The Hall–Kier alpha value is -3.66. The summed E-state index contributed by atoms with van der Waals surface area (Å²) in [4.78, 5) is 51.3. The maximum absolute atomic E-state index is 11.6. The van der Waals surface area contributed by atoms with Crippen LogP contribution in [0.2, 0.25) is 0 Å². The molecule has 0 amide bonds. The van der Waals surface area contributed by atoms with Crippen LogP contribution >= 0.6 is 0 Å². The van der Waals surface area contributed by atoms with Crippen LogP contribution < -0.4 is 10.6 Å². The van der Waals surface area contributed by atoms with Crippen molar-refractivity contribution in [3.63, 3.8) is 0 Å². The van der Waals surface area contributed by atoms with Crippen molar-refractivity contribution in [2.75, 3.05) is 13.1 Å². The first-order valence-electron chi connectivity index (χ1n) is 11.9. The molecule has 2 aromatic rings. The standard InChI is InChI=1S/C21H34N10O6/c1-20(2,7-5-12-28-13-10-22-18(28)30(34)35)24-8-6-9-25-21(3,4)16(26-32)15-17(27-33)29-14-11-23-19(29)31(36)37/h10-11,13-14,16-17,24-25H,5-9,12,15H2,1-4H3. The first kappa shape index (κ1) is 29.6. The van der Waals surface area contributed by atoms with Gasteiger partial charge in [-0.2, -0.15) is 4.91 Å². The number of imidazole rings is 2. The van der Waals surface area contributed by atoms with Crippen LogP contribution in [0.1, 0.15) is 59.5 Å². The molecule has 0 saturated carbocycles. The topological polar surface area (TPSA) is 205 Å². The van der Waals surface area contributed by atoms with Crippen molar-refractivity contribution in [3.8, 4) is 0 Å². The van der Waals surface area contributed by atoms with Gasteiger partial charge in [-0.3, -0.25) is 0 Å². The molecule has 204 valence electrons. The molecular weight excluding hydrogens is 488 g/mol. The highest BCUT2D eigenvalue weighted by Gasteiger charge is 2.36. The minimum atomic E-state index is -1.20. The number of nitro groups is 2. The lowest BCUT2D eigenvalue weighted by Crippen LogP contribution is -2.50. The van der Waals surface area contributed by atoms with Gasteiger partial charge in [-0.05, 0) is 75.1 Å². The number of nitroso groups, excluding NO2 is 2. The van der Waals surface area contributed by atoms with Crippen LogP contribution in [0.3, 0.4) is 0 Å². The van der Waals surface area contributed by atoms with E-state index in [4.69, 9.17) is 0 Å². The number of nitrogens with zero attached hydrogens (tertiary/aromatic N) is 8. The summed E-state index contributed by atoms with van der Waals surface area (Å²) >= 11 is 0. The first-order chi connectivity index (χ1) is 17.4. The lowest BCUT2D eigenvalue weighted by Gasteiger charge is -2.32. The highest BCUT2D eigenvalue weighted by molar-refractivity contribution is 5.09. The largest absolute Gasteiger partial charge is 0.436 e. The highest BCUT2D eigenvalue weighted by atomic mass is 16.6. The summed E-state index contributed by atoms with van der Waals surface area (Å²) in [6, 6.07) is -0.881. The maximum atomic E-state index is 11.6. The van der Waals surface area contributed by atoms with Gasteiger partial charge in [0, 0.05) is 17.5 Å². The Morgan fingerprint density at radius 1 is 0.946 bits per heavy atom. The summed E-state index contributed by atoms with van der Waals surface area (Å²) in [5, 5.41) is 35.0. The van der Waals surface area contributed by atoms with Crippen LogP contribution in [0.25, 0.3) is 0 Å². The molecule has 0 aliphatic rings. The molecule has 2 N–H and O–H groups in total. The number of hydrogen-bond acceptors (Lipinski definition) is 12. The first-order valence-corrected chi connectivity index (χ1v) is 11.9. The molecule has 2 rings (SSSR count). The second kappa shape index (κ2) is 13.0. The molecule has 0 saturated heterocycles. The van der Waals surface area contributed by atoms with Crippen LogP contribution in [0, 0.1) is 30.0 Å². The molecule has 0 aromatic carbocycles. The van der Waals surface area contributed by atoms with Gasteiger partial charge in [-0.1, -0.05) is 15.1 Å². The van der Waals surface area contributed by atoms with Gasteiger partial charge < -0.3 is 30.9 Å². The van der Waals surface area contributed by atoms with E-state index in [1.54, 1.807) is 20.0 Å². The molecule has 2 atom stereocenters. The summed E-state index contributed by atoms with van der Waals surface area (Å²) in [6.45, 7) is 9.39. The summed E-state index contributed by atoms with van der Waals surface area (Å²) in [6.07, 6.45) is 6.41. The fourth-order valence-corrected chi connectivity index (χ4v) is 4.03. The Kier molecular flexibility index (Phi) is 10.4. The van der Waals surface area contributed by atoms with Crippen LogP contribution in [0.15, 0.2) is 35.1 Å². The number of rotatable bonds is 18. The van der Waals surface area contributed by atoms with Crippen LogP contribution in [0.5, 0.6) is 0 Å².